The monoisotopic (exact) mass is 402 g/mol. The number of amides is 1. The molecule has 7 heteroatoms. The van der Waals surface area contributed by atoms with Gasteiger partial charge in [0.1, 0.15) is 5.75 Å². The van der Waals surface area contributed by atoms with Crippen LogP contribution in [0.4, 0.5) is 5.69 Å². The van der Waals surface area contributed by atoms with Crippen LogP contribution in [-0.2, 0) is 10.0 Å². The minimum Gasteiger partial charge on any atom is -0.496 e. The number of hydrogen-bond donors (Lipinski definition) is 1. The summed E-state index contributed by atoms with van der Waals surface area (Å²) < 4.78 is 33.5. The van der Waals surface area contributed by atoms with Gasteiger partial charge in [-0.1, -0.05) is 26.0 Å². The van der Waals surface area contributed by atoms with Crippen molar-refractivity contribution in [2.24, 2.45) is 0 Å². The number of anilines is 1. The Labute approximate surface area is 166 Å². The molecule has 1 N–H and O–H groups in total. The lowest BCUT2D eigenvalue weighted by atomic mass is 10.0. The molecule has 0 aliphatic carbocycles. The van der Waals surface area contributed by atoms with Crippen molar-refractivity contribution in [3.05, 3.63) is 53.6 Å². The zero-order valence-electron chi connectivity index (χ0n) is 16.4. The second-order valence-corrected chi connectivity index (χ2v) is 8.93. The molecule has 1 aliphatic heterocycles. The average molecular weight is 403 g/mol. The number of likely N-dealkylation sites (tertiary alicyclic amines) is 1. The Kier molecular flexibility index (Phi) is 5.93. The number of methoxy groups -OCH3 is 1. The van der Waals surface area contributed by atoms with Gasteiger partial charge in [0.25, 0.3) is 15.9 Å². The van der Waals surface area contributed by atoms with Crippen LogP contribution < -0.4 is 9.46 Å². The van der Waals surface area contributed by atoms with Crippen LogP contribution in [0, 0.1) is 0 Å². The first-order chi connectivity index (χ1) is 13.3. The number of carbonyl (C=O) groups is 1. The predicted molar refractivity (Wildman–Crippen MR) is 109 cm³/mol. The fraction of sp³-hybridized carbons (Fsp3) is 0.381. The van der Waals surface area contributed by atoms with E-state index in [1.165, 1.54) is 25.3 Å². The molecular formula is C21H26N2O4S. The van der Waals surface area contributed by atoms with Crippen molar-refractivity contribution >= 4 is 21.6 Å². The number of ether oxygens (including phenoxy) is 1. The average Bonchev–Trinajstić information content (AvgIpc) is 3.21. The molecule has 1 saturated heterocycles. The molecule has 1 fully saturated rings. The summed E-state index contributed by atoms with van der Waals surface area (Å²) in [7, 11) is -2.36. The summed E-state index contributed by atoms with van der Waals surface area (Å²) in [6, 6.07) is 11.7. The molecule has 0 aromatic heterocycles. The Morgan fingerprint density at radius 2 is 1.71 bits per heavy atom. The van der Waals surface area contributed by atoms with Crippen LogP contribution in [0.2, 0.25) is 0 Å². The molecule has 0 bridgehead atoms. The van der Waals surface area contributed by atoms with Crippen molar-refractivity contribution in [3.63, 3.8) is 0 Å². The molecule has 0 atom stereocenters. The lowest BCUT2D eigenvalue weighted by molar-refractivity contribution is 0.0789. The third-order valence-electron chi connectivity index (χ3n) is 4.93. The van der Waals surface area contributed by atoms with Crippen LogP contribution in [-0.4, -0.2) is 39.4 Å². The van der Waals surface area contributed by atoms with E-state index in [9.17, 15) is 13.2 Å². The normalized spacial score (nSPS) is 14.4. The third-order valence-corrected chi connectivity index (χ3v) is 6.31. The van der Waals surface area contributed by atoms with Crippen LogP contribution in [0.3, 0.4) is 0 Å². The zero-order chi connectivity index (χ0) is 20.3. The van der Waals surface area contributed by atoms with Crippen molar-refractivity contribution in [2.45, 2.75) is 37.5 Å². The molecule has 2 aromatic carbocycles. The van der Waals surface area contributed by atoms with E-state index in [0.29, 0.717) is 30.4 Å². The van der Waals surface area contributed by atoms with Gasteiger partial charge >= 0.3 is 0 Å². The number of carbonyl (C=O) groups excluding carboxylic acids is 1. The molecule has 28 heavy (non-hydrogen) atoms. The van der Waals surface area contributed by atoms with Crippen molar-refractivity contribution in [1.82, 2.24) is 4.90 Å². The SMILES string of the molecule is COc1ccc(S(=O)(=O)Nc2ccc(C(C)C)cc2)cc1C(=O)N1CCCC1. The summed E-state index contributed by atoms with van der Waals surface area (Å²) in [5.74, 6) is 0.538. The predicted octanol–water partition coefficient (Wildman–Crippen LogP) is 3.86. The molecular weight excluding hydrogens is 376 g/mol. The molecule has 0 unspecified atom stereocenters. The lowest BCUT2D eigenvalue weighted by Gasteiger charge is -2.18. The van der Waals surface area contributed by atoms with Gasteiger partial charge in [-0.15, -0.1) is 0 Å². The maximum absolute atomic E-state index is 12.8. The second-order valence-electron chi connectivity index (χ2n) is 7.24. The van der Waals surface area contributed by atoms with Crippen LogP contribution in [0.25, 0.3) is 0 Å². The maximum atomic E-state index is 12.8. The molecule has 0 radical (unpaired) electrons. The molecule has 0 saturated carbocycles. The molecule has 1 amide bonds. The van der Waals surface area contributed by atoms with E-state index in [1.54, 1.807) is 17.0 Å². The first kappa shape index (κ1) is 20.2. The third kappa shape index (κ3) is 4.30. The number of nitrogens with zero attached hydrogens (tertiary/aromatic N) is 1. The van der Waals surface area contributed by atoms with Crippen molar-refractivity contribution < 1.29 is 17.9 Å². The number of nitrogens with one attached hydrogen (secondary N) is 1. The Hall–Kier alpha value is -2.54. The zero-order valence-corrected chi connectivity index (χ0v) is 17.3. The van der Waals surface area contributed by atoms with Gasteiger partial charge in [0.15, 0.2) is 0 Å². The Balaban J connectivity index is 1.88. The van der Waals surface area contributed by atoms with Gasteiger partial charge in [0, 0.05) is 18.8 Å². The van der Waals surface area contributed by atoms with Gasteiger partial charge in [0.2, 0.25) is 0 Å². The highest BCUT2D eigenvalue weighted by Crippen LogP contribution is 2.27. The standard InChI is InChI=1S/C21H26N2O4S/c1-15(2)16-6-8-17(9-7-16)22-28(25,26)18-10-11-20(27-3)19(14-18)21(24)23-12-4-5-13-23/h6-11,14-15,22H,4-5,12-13H2,1-3H3. The van der Waals surface area contributed by atoms with E-state index in [2.05, 4.69) is 18.6 Å². The Morgan fingerprint density at radius 3 is 2.29 bits per heavy atom. The minimum absolute atomic E-state index is 0.0313. The topological polar surface area (TPSA) is 75.7 Å². The maximum Gasteiger partial charge on any atom is 0.261 e. The molecule has 0 spiro atoms. The molecule has 6 nitrogen and oxygen atoms in total. The fourth-order valence-electron chi connectivity index (χ4n) is 3.26. The molecule has 2 aromatic rings. The van der Waals surface area contributed by atoms with Crippen molar-refractivity contribution in [3.8, 4) is 5.75 Å². The molecule has 3 rings (SSSR count). The smallest absolute Gasteiger partial charge is 0.261 e. The van der Waals surface area contributed by atoms with Gasteiger partial charge < -0.3 is 9.64 Å². The number of hydrogen-bond acceptors (Lipinski definition) is 4. The summed E-state index contributed by atoms with van der Waals surface area (Å²) in [5.41, 5.74) is 1.88. The summed E-state index contributed by atoms with van der Waals surface area (Å²) in [6.07, 6.45) is 1.92. The quantitative estimate of drug-likeness (QED) is 0.796. The molecule has 1 aliphatic rings. The first-order valence-corrected chi connectivity index (χ1v) is 10.9. The van der Waals surface area contributed by atoms with E-state index in [1.807, 2.05) is 12.1 Å². The van der Waals surface area contributed by atoms with Crippen LogP contribution in [0.1, 0.15) is 48.5 Å². The summed E-state index contributed by atoms with van der Waals surface area (Å²) >= 11 is 0. The van der Waals surface area contributed by atoms with Crippen LogP contribution in [0.15, 0.2) is 47.4 Å². The highest BCUT2D eigenvalue weighted by molar-refractivity contribution is 7.92. The van der Waals surface area contributed by atoms with Gasteiger partial charge in [0.05, 0.1) is 17.6 Å². The van der Waals surface area contributed by atoms with Gasteiger partial charge in [-0.25, -0.2) is 8.42 Å². The highest BCUT2D eigenvalue weighted by atomic mass is 32.2. The van der Waals surface area contributed by atoms with Gasteiger partial charge in [-0.3, -0.25) is 9.52 Å². The Morgan fingerprint density at radius 1 is 1.07 bits per heavy atom. The van der Waals surface area contributed by atoms with Crippen molar-refractivity contribution in [1.29, 1.82) is 0 Å². The van der Waals surface area contributed by atoms with E-state index in [4.69, 9.17) is 4.74 Å². The number of sulfonamides is 1. The first-order valence-electron chi connectivity index (χ1n) is 9.42. The molecule has 150 valence electrons. The number of benzene rings is 2. The van der Waals surface area contributed by atoms with E-state index < -0.39 is 10.0 Å². The van der Waals surface area contributed by atoms with E-state index >= 15 is 0 Å². The summed E-state index contributed by atoms with van der Waals surface area (Å²) in [6.45, 7) is 5.52. The van der Waals surface area contributed by atoms with Crippen LogP contribution >= 0.6 is 0 Å². The highest BCUT2D eigenvalue weighted by Gasteiger charge is 2.25. The summed E-state index contributed by atoms with van der Waals surface area (Å²) in [4.78, 5) is 14.6. The van der Waals surface area contributed by atoms with Gasteiger partial charge in [-0.2, -0.15) is 0 Å². The van der Waals surface area contributed by atoms with E-state index in [0.717, 1.165) is 18.4 Å². The summed E-state index contributed by atoms with van der Waals surface area (Å²) in [5, 5.41) is 0. The second kappa shape index (κ2) is 8.22. The van der Waals surface area contributed by atoms with Gasteiger partial charge in [-0.05, 0) is 54.7 Å². The van der Waals surface area contributed by atoms with Crippen LogP contribution in [0.5, 0.6) is 5.75 Å². The molecule has 1 heterocycles. The van der Waals surface area contributed by atoms with E-state index in [-0.39, 0.29) is 16.4 Å². The Bertz CT molecular complexity index is 947. The van der Waals surface area contributed by atoms with Crippen molar-refractivity contribution in [2.75, 3.05) is 24.9 Å². The lowest BCUT2D eigenvalue weighted by Crippen LogP contribution is -2.28. The fourth-order valence-corrected chi connectivity index (χ4v) is 4.35. The largest absolute Gasteiger partial charge is 0.496 e. The minimum atomic E-state index is -3.83. The number of rotatable bonds is 6.